The number of hydrogen-bond acceptors (Lipinski definition) is 5. The molecule has 0 aliphatic heterocycles. The second kappa shape index (κ2) is 9.94. The van der Waals surface area contributed by atoms with Crippen LogP contribution in [0, 0.1) is 0 Å². The van der Waals surface area contributed by atoms with Crippen molar-refractivity contribution in [3.05, 3.63) is 49.3 Å². The van der Waals surface area contributed by atoms with E-state index in [-0.39, 0.29) is 6.61 Å². The van der Waals surface area contributed by atoms with Crippen molar-refractivity contribution in [1.82, 2.24) is 5.43 Å². The van der Waals surface area contributed by atoms with Crippen LogP contribution in [0.15, 0.2) is 48.9 Å². The third kappa shape index (κ3) is 5.72. The number of hydrogen-bond donors (Lipinski definition) is 1. The molecule has 2 aromatic carbocycles. The van der Waals surface area contributed by atoms with Gasteiger partial charge in [0.1, 0.15) is 5.75 Å². The summed E-state index contributed by atoms with van der Waals surface area (Å²) in [5.74, 6) is 1.26. The molecule has 1 N–H and O–H groups in total. The average Bonchev–Trinajstić information content (AvgIpc) is 2.60. The van der Waals surface area contributed by atoms with Crippen LogP contribution in [0.3, 0.4) is 0 Å². The molecule has 0 radical (unpaired) electrons. The molecule has 0 aromatic heterocycles. The van der Waals surface area contributed by atoms with Gasteiger partial charge in [0.15, 0.2) is 18.1 Å². The molecule has 0 saturated carbocycles. The van der Waals surface area contributed by atoms with E-state index < -0.39 is 5.91 Å². The standard InChI is InChI=1S/C17H15Br3N2O4/c1-24-14-4-3-10(5-12(14)19)8-21-22-16(23)9-26-17-13(20)6-11(18)7-15(17)25-2/h3-8H,9H2,1-2H3,(H,22,23). The Morgan fingerprint density at radius 2 is 1.81 bits per heavy atom. The molecule has 2 aromatic rings. The number of ether oxygens (including phenoxy) is 3. The highest BCUT2D eigenvalue weighted by atomic mass is 79.9. The SMILES string of the molecule is COc1ccc(C=NNC(=O)COc2c(Br)cc(Br)cc2OC)cc1Br. The van der Waals surface area contributed by atoms with Crippen molar-refractivity contribution >= 4 is 59.9 Å². The van der Waals surface area contributed by atoms with Gasteiger partial charge in [-0.1, -0.05) is 15.9 Å². The lowest BCUT2D eigenvalue weighted by Crippen LogP contribution is -2.24. The van der Waals surface area contributed by atoms with Gasteiger partial charge in [0.25, 0.3) is 5.91 Å². The Hall–Kier alpha value is -1.58. The monoisotopic (exact) mass is 548 g/mol. The van der Waals surface area contributed by atoms with Crippen LogP contribution in [-0.4, -0.2) is 32.9 Å². The van der Waals surface area contributed by atoms with E-state index in [2.05, 4.69) is 58.3 Å². The lowest BCUT2D eigenvalue weighted by atomic mass is 10.2. The van der Waals surface area contributed by atoms with Gasteiger partial charge in [0.05, 0.1) is 29.4 Å². The Labute approximate surface area is 176 Å². The molecule has 0 aliphatic carbocycles. The topological polar surface area (TPSA) is 69.2 Å². The van der Waals surface area contributed by atoms with Gasteiger partial charge in [-0.15, -0.1) is 0 Å². The minimum atomic E-state index is -0.398. The first-order valence-electron chi connectivity index (χ1n) is 7.26. The Morgan fingerprint density at radius 3 is 2.46 bits per heavy atom. The van der Waals surface area contributed by atoms with E-state index in [1.165, 1.54) is 13.3 Å². The molecule has 0 fully saturated rings. The molecule has 0 bridgehead atoms. The minimum Gasteiger partial charge on any atom is -0.496 e. The highest BCUT2D eigenvalue weighted by Crippen LogP contribution is 2.38. The van der Waals surface area contributed by atoms with Gasteiger partial charge in [-0.3, -0.25) is 4.79 Å². The van der Waals surface area contributed by atoms with Crippen molar-refractivity contribution in [3.63, 3.8) is 0 Å². The van der Waals surface area contributed by atoms with Gasteiger partial charge in [-0.2, -0.15) is 5.10 Å². The highest BCUT2D eigenvalue weighted by Gasteiger charge is 2.12. The zero-order valence-electron chi connectivity index (χ0n) is 13.9. The summed E-state index contributed by atoms with van der Waals surface area (Å²) in [5.41, 5.74) is 3.21. The molecule has 0 saturated heterocycles. The fourth-order valence-electron chi connectivity index (χ4n) is 1.94. The van der Waals surface area contributed by atoms with E-state index in [0.29, 0.717) is 21.7 Å². The van der Waals surface area contributed by atoms with E-state index in [1.807, 2.05) is 12.1 Å². The van der Waals surface area contributed by atoms with Crippen LogP contribution >= 0.6 is 47.8 Å². The first-order valence-corrected chi connectivity index (χ1v) is 9.63. The molecule has 6 nitrogen and oxygen atoms in total. The zero-order valence-corrected chi connectivity index (χ0v) is 18.6. The number of amides is 1. The summed E-state index contributed by atoms with van der Waals surface area (Å²) >= 11 is 10.1. The van der Waals surface area contributed by atoms with Gasteiger partial charge in [0, 0.05) is 4.47 Å². The lowest BCUT2D eigenvalue weighted by Gasteiger charge is -2.12. The summed E-state index contributed by atoms with van der Waals surface area (Å²) in [6.07, 6.45) is 1.53. The molecule has 2 rings (SSSR count). The second-order valence-corrected chi connectivity index (χ2v) is 7.52. The Bertz CT molecular complexity index is 828. The van der Waals surface area contributed by atoms with E-state index in [1.54, 1.807) is 25.3 Å². The predicted octanol–water partition coefficient (Wildman–Crippen LogP) is 4.52. The summed E-state index contributed by atoms with van der Waals surface area (Å²) in [7, 11) is 3.12. The third-order valence-corrected chi connectivity index (χ3v) is 4.79. The number of nitrogens with zero attached hydrogens (tertiary/aromatic N) is 1. The van der Waals surface area contributed by atoms with E-state index >= 15 is 0 Å². The van der Waals surface area contributed by atoms with Crippen molar-refractivity contribution in [1.29, 1.82) is 0 Å². The first-order chi connectivity index (χ1) is 12.4. The van der Waals surface area contributed by atoms with Gasteiger partial charge in [-0.05, 0) is 67.8 Å². The molecule has 138 valence electrons. The highest BCUT2D eigenvalue weighted by molar-refractivity contribution is 9.11. The number of halogens is 3. The van der Waals surface area contributed by atoms with Crippen LogP contribution in [0.1, 0.15) is 5.56 Å². The molecule has 26 heavy (non-hydrogen) atoms. The summed E-state index contributed by atoms with van der Waals surface area (Å²) in [6, 6.07) is 9.00. The molecule has 0 aliphatic rings. The van der Waals surface area contributed by atoms with Crippen LogP contribution < -0.4 is 19.6 Å². The van der Waals surface area contributed by atoms with Crippen LogP contribution in [0.4, 0.5) is 0 Å². The number of rotatable bonds is 7. The summed E-state index contributed by atoms with van der Waals surface area (Å²) in [6.45, 7) is -0.208. The van der Waals surface area contributed by atoms with E-state index in [0.717, 1.165) is 14.5 Å². The molecule has 0 spiro atoms. The number of carbonyl (C=O) groups is 1. The van der Waals surface area contributed by atoms with Crippen molar-refractivity contribution < 1.29 is 19.0 Å². The Kier molecular flexibility index (Phi) is 7.92. The zero-order chi connectivity index (χ0) is 19.1. The predicted molar refractivity (Wildman–Crippen MR) is 110 cm³/mol. The van der Waals surface area contributed by atoms with Crippen LogP contribution in [0.2, 0.25) is 0 Å². The van der Waals surface area contributed by atoms with Gasteiger partial charge >= 0.3 is 0 Å². The molecule has 0 heterocycles. The number of hydrazone groups is 1. The van der Waals surface area contributed by atoms with Gasteiger partial charge < -0.3 is 14.2 Å². The van der Waals surface area contributed by atoms with Gasteiger partial charge in [0.2, 0.25) is 0 Å². The molecule has 1 amide bonds. The number of benzene rings is 2. The molecule has 0 unspecified atom stereocenters. The maximum Gasteiger partial charge on any atom is 0.277 e. The molecule has 0 atom stereocenters. The van der Waals surface area contributed by atoms with E-state index in [9.17, 15) is 4.79 Å². The number of carbonyl (C=O) groups excluding carboxylic acids is 1. The summed E-state index contributed by atoms with van der Waals surface area (Å²) < 4.78 is 18.2. The lowest BCUT2D eigenvalue weighted by molar-refractivity contribution is -0.123. The van der Waals surface area contributed by atoms with Crippen molar-refractivity contribution in [2.75, 3.05) is 20.8 Å². The smallest absolute Gasteiger partial charge is 0.277 e. The van der Waals surface area contributed by atoms with Crippen molar-refractivity contribution in [2.45, 2.75) is 0 Å². The quantitative estimate of drug-likeness (QED) is 0.406. The molecule has 9 heteroatoms. The average molecular weight is 551 g/mol. The van der Waals surface area contributed by atoms with Crippen molar-refractivity contribution in [2.24, 2.45) is 5.10 Å². The second-order valence-electron chi connectivity index (χ2n) is 4.89. The normalized spacial score (nSPS) is 10.7. The first kappa shape index (κ1) is 20.7. The van der Waals surface area contributed by atoms with Crippen LogP contribution in [0.25, 0.3) is 0 Å². The fraction of sp³-hybridized carbons (Fsp3) is 0.176. The van der Waals surface area contributed by atoms with Crippen LogP contribution in [0.5, 0.6) is 17.2 Å². The van der Waals surface area contributed by atoms with E-state index in [4.69, 9.17) is 14.2 Å². The number of methoxy groups -OCH3 is 2. The Morgan fingerprint density at radius 1 is 1.08 bits per heavy atom. The summed E-state index contributed by atoms with van der Waals surface area (Å²) in [5, 5.41) is 3.91. The maximum absolute atomic E-state index is 11.9. The van der Waals surface area contributed by atoms with Gasteiger partial charge in [-0.25, -0.2) is 5.43 Å². The number of nitrogens with one attached hydrogen (secondary N) is 1. The minimum absolute atomic E-state index is 0.208. The van der Waals surface area contributed by atoms with Crippen molar-refractivity contribution in [3.8, 4) is 17.2 Å². The maximum atomic E-state index is 11.9. The third-order valence-electron chi connectivity index (χ3n) is 3.12. The largest absolute Gasteiger partial charge is 0.496 e. The fourth-order valence-corrected chi connectivity index (χ4v) is 3.80. The molecular formula is C17H15Br3N2O4. The Balaban J connectivity index is 1.93. The summed E-state index contributed by atoms with van der Waals surface area (Å²) in [4.78, 5) is 11.9. The molecular weight excluding hydrogens is 536 g/mol. The van der Waals surface area contributed by atoms with Crippen LogP contribution in [-0.2, 0) is 4.79 Å².